The fourth-order valence-electron chi connectivity index (χ4n) is 1.51. The second-order valence-electron chi connectivity index (χ2n) is 3.93. The van der Waals surface area contributed by atoms with Crippen LogP contribution in [0.5, 0.6) is 0 Å². The molecule has 1 unspecified atom stereocenters. The monoisotopic (exact) mass is 360 g/mol. The van der Waals surface area contributed by atoms with Crippen LogP contribution in [0.3, 0.4) is 0 Å². The fourth-order valence-corrected chi connectivity index (χ4v) is 1.91. The van der Waals surface area contributed by atoms with Gasteiger partial charge in [0.1, 0.15) is 0 Å². The zero-order valence-corrected chi connectivity index (χ0v) is 12.0. The number of nitro groups is 2. The molecule has 1 aromatic rings. The predicted molar refractivity (Wildman–Crippen MR) is 66.4 cm³/mol. The minimum absolute atomic E-state index is 0.0702. The van der Waals surface area contributed by atoms with Crippen molar-refractivity contribution >= 4 is 19.2 Å². The third-order valence-electron chi connectivity index (χ3n) is 2.53. The molecular formula is C9H8F3N2O8P. The van der Waals surface area contributed by atoms with Gasteiger partial charge >= 0.3 is 14.0 Å². The molecule has 0 bridgehead atoms. The van der Waals surface area contributed by atoms with Crippen molar-refractivity contribution in [3.63, 3.8) is 0 Å². The Morgan fingerprint density at radius 3 is 2.22 bits per heavy atom. The molecule has 0 radical (unpaired) electrons. The van der Waals surface area contributed by atoms with E-state index in [9.17, 15) is 38.0 Å². The summed E-state index contributed by atoms with van der Waals surface area (Å²) in [6.07, 6.45) is -5.19. The lowest BCUT2D eigenvalue weighted by Gasteiger charge is -2.14. The molecule has 0 aliphatic heterocycles. The van der Waals surface area contributed by atoms with E-state index < -0.39 is 53.0 Å². The van der Waals surface area contributed by atoms with E-state index in [4.69, 9.17) is 4.89 Å². The summed E-state index contributed by atoms with van der Waals surface area (Å²) in [7, 11) is -3.98. The van der Waals surface area contributed by atoms with Crippen LogP contribution in [0.2, 0.25) is 0 Å². The quantitative estimate of drug-likeness (QED) is 0.463. The number of rotatable bonds is 6. The van der Waals surface area contributed by atoms with E-state index in [1.165, 1.54) is 0 Å². The highest BCUT2D eigenvalue weighted by molar-refractivity contribution is 7.47. The largest absolute Gasteiger partial charge is 0.472 e. The molecule has 0 saturated carbocycles. The van der Waals surface area contributed by atoms with Crippen LogP contribution in [0.25, 0.3) is 0 Å². The summed E-state index contributed by atoms with van der Waals surface area (Å²) in [4.78, 5) is 27.9. The molecule has 0 amide bonds. The van der Waals surface area contributed by atoms with Crippen LogP contribution in [-0.4, -0.2) is 21.8 Å². The Bertz CT molecular complexity index is 692. The average molecular weight is 360 g/mol. The zero-order valence-electron chi connectivity index (χ0n) is 11.1. The fraction of sp³-hybridized carbons (Fsp3) is 0.333. The number of alkyl halides is 3. The molecule has 14 heteroatoms. The summed E-state index contributed by atoms with van der Waals surface area (Å²) < 4.78 is 58.2. The molecular weight excluding hydrogens is 352 g/mol. The number of halogens is 3. The summed E-state index contributed by atoms with van der Waals surface area (Å²) in [5.41, 5.74) is -5.30. The van der Waals surface area contributed by atoms with Gasteiger partial charge in [-0.05, 0) is 0 Å². The Labute approximate surface area is 125 Å². The van der Waals surface area contributed by atoms with Crippen LogP contribution >= 0.6 is 7.82 Å². The first-order valence-corrected chi connectivity index (χ1v) is 6.94. The topological polar surface area (TPSA) is 142 Å². The Kier molecular flexibility index (Phi) is 5.43. The van der Waals surface area contributed by atoms with Crippen molar-refractivity contribution in [2.45, 2.75) is 12.8 Å². The third kappa shape index (κ3) is 4.69. The molecule has 1 atom stereocenters. The molecule has 0 heterocycles. The molecule has 0 aliphatic carbocycles. The van der Waals surface area contributed by atoms with Crippen LogP contribution in [-0.2, 0) is 26.4 Å². The van der Waals surface area contributed by atoms with Gasteiger partial charge in [0.2, 0.25) is 0 Å². The number of phosphoric acid groups is 1. The van der Waals surface area contributed by atoms with E-state index >= 15 is 0 Å². The first-order chi connectivity index (χ1) is 10.4. The van der Waals surface area contributed by atoms with Crippen molar-refractivity contribution in [3.8, 4) is 0 Å². The summed E-state index contributed by atoms with van der Waals surface area (Å²) in [6, 6.07) is 0.365. The van der Waals surface area contributed by atoms with E-state index in [0.29, 0.717) is 6.07 Å². The number of hydrogen-bond acceptors (Lipinski definition) is 7. The maximum Gasteiger partial charge on any atom is 0.472 e. The summed E-state index contributed by atoms with van der Waals surface area (Å²) in [5, 5.41) is 21.5. The molecule has 1 aromatic carbocycles. The predicted octanol–water partition coefficient (Wildman–Crippen LogP) is 2.79. The number of benzene rings is 1. The van der Waals surface area contributed by atoms with Gasteiger partial charge in [0.15, 0.2) is 0 Å². The van der Waals surface area contributed by atoms with Gasteiger partial charge in [0.05, 0.1) is 33.6 Å². The molecule has 1 rings (SSSR count). The highest BCUT2D eigenvalue weighted by Crippen LogP contribution is 2.46. The van der Waals surface area contributed by atoms with Crippen LogP contribution in [0.4, 0.5) is 24.5 Å². The van der Waals surface area contributed by atoms with Crippen molar-refractivity contribution < 1.29 is 41.5 Å². The second-order valence-corrected chi connectivity index (χ2v) is 5.49. The third-order valence-corrected chi connectivity index (χ3v) is 3.44. The van der Waals surface area contributed by atoms with E-state index in [-0.39, 0.29) is 6.07 Å². The van der Waals surface area contributed by atoms with Gasteiger partial charge in [0, 0.05) is 13.2 Å². The molecule has 0 spiro atoms. The minimum atomic E-state index is -5.19. The van der Waals surface area contributed by atoms with Crippen molar-refractivity contribution in [3.05, 3.63) is 43.5 Å². The van der Waals surface area contributed by atoms with Crippen LogP contribution in [0.1, 0.15) is 11.1 Å². The van der Waals surface area contributed by atoms with Gasteiger partial charge < -0.3 is 4.89 Å². The van der Waals surface area contributed by atoms with Crippen molar-refractivity contribution in [1.82, 2.24) is 0 Å². The molecule has 23 heavy (non-hydrogen) atoms. The number of nitrogens with zero attached hydrogens (tertiary/aromatic N) is 2. The summed E-state index contributed by atoms with van der Waals surface area (Å²) >= 11 is 0. The molecule has 10 nitrogen and oxygen atoms in total. The normalized spacial score (nSPS) is 14.3. The maximum absolute atomic E-state index is 13.0. The average Bonchev–Trinajstić information content (AvgIpc) is 2.43. The van der Waals surface area contributed by atoms with Crippen molar-refractivity contribution in [2.24, 2.45) is 0 Å². The second kappa shape index (κ2) is 6.58. The lowest BCUT2D eigenvalue weighted by atomic mass is 10.0. The standard InChI is InChI=1S/C9H8F3N2O8P/c1-21-23(19,20)22-4-6-7(9(10,11)12)2-5(13(15)16)3-8(6)14(17)18/h2-3H,4H2,1H3,(H,19,20). The summed E-state index contributed by atoms with van der Waals surface area (Å²) in [5.74, 6) is 0. The van der Waals surface area contributed by atoms with Gasteiger partial charge in [-0.2, -0.15) is 13.2 Å². The smallest absolute Gasteiger partial charge is 0.302 e. The van der Waals surface area contributed by atoms with Gasteiger partial charge in [-0.1, -0.05) is 0 Å². The lowest BCUT2D eigenvalue weighted by Crippen LogP contribution is -2.13. The first kappa shape index (κ1) is 19.0. The molecule has 0 fully saturated rings. The van der Waals surface area contributed by atoms with Crippen molar-refractivity contribution in [2.75, 3.05) is 7.11 Å². The first-order valence-electron chi connectivity index (χ1n) is 5.45. The molecule has 0 saturated heterocycles. The highest BCUT2D eigenvalue weighted by atomic mass is 31.2. The SMILES string of the molecule is COP(=O)(O)OCc1c([N+](=O)[O-])cc([N+](=O)[O-])cc1C(F)(F)F. The van der Waals surface area contributed by atoms with E-state index in [1.54, 1.807) is 0 Å². The van der Waals surface area contributed by atoms with Gasteiger partial charge in [-0.25, -0.2) is 4.57 Å². The Morgan fingerprint density at radius 2 is 1.83 bits per heavy atom. The molecule has 1 N–H and O–H groups in total. The van der Waals surface area contributed by atoms with E-state index in [0.717, 1.165) is 7.11 Å². The van der Waals surface area contributed by atoms with Crippen LogP contribution in [0, 0.1) is 20.2 Å². The maximum atomic E-state index is 13.0. The van der Waals surface area contributed by atoms with E-state index in [2.05, 4.69) is 9.05 Å². The Morgan fingerprint density at radius 1 is 1.26 bits per heavy atom. The highest BCUT2D eigenvalue weighted by Gasteiger charge is 2.40. The number of hydrogen-bond donors (Lipinski definition) is 1. The number of non-ortho nitro benzene ring substituents is 1. The molecule has 128 valence electrons. The number of nitro benzene ring substituents is 2. The lowest BCUT2D eigenvalue weighted by molar-refractivity contribution is -0.395. The van der Waals surface area contributed by atoms with E-state index in [1.807, 2.05) is 0 Å². The van der Waals surface area contributed by atoms with Gasteiger partial charge in [-0.15, -0.1) is 0 Å². The van der Waals surface area contributed by atoms with Crippen molar-refractivity contribution in [1.29, 1.82) is 0 Å². The van der Waals surface area contributed by atoms with Gasteiger partial charge in [0.25, 0.3) is 11.4 Å². The Hall–Kier alpha value is -2.08. The van der Waals surface area contributed by atoms with Crippen LogP contribution in [0.15, 0.2) is 12.1 Å². The summed E-state index contributed by atoms with van der Waals surface area (Å²) in [6.45, 7) is -1.31. The van der Waals surface area contributed by atoms with Gasteiger partial charge in [-0.3, -0.25) is 29.3 Å². The number of phosphoric ester groups is 1. The molecule has 0 aliphatic rings. The zero-order chi connectivity index (χ0) is 18.0. The molecule has 0 aromatic heterocycles. The van der Waals surface area contributed by atoms with Crippen LogP contribution < -0.4 is 0 Å². The minimum Gasteiger partial charge on any atom is -0.302 e. The Balaban J connectivity index is 3.54.